The molecular weight excluding hydrogens is 307 g/mol. The van der Waals surface area contributed by atoms with E-state index in [1.807, 2.05) is 24.7 Å². The van der Waals surface area contributed by atoms with Crippen LogP contribution in [0.15, 0.2) is 36.8 Å². The molecule has 0 saturated carbocycles. The molecule has 3 rings (SSSR count). The summed E-state index contributed by atoms with van der Waals surface area (Å²) in [6.07, 6.45) is 3.78. The van der Waals surface area contributed by atoms with E-state index in [9.17, 15) is 4.39 Å². The van der Waals surface area contributed by atoms with E-state index in [-0.39, 0.29) is 17.9 Å². The number of halogens is 1. The van der Waals surface area contributed by atoms with Crippen molar-refractivity contribution in [3.63, 3.8) is 0 Å². The molecule has 1 saturated heterocycles. The second-order valence-electron chi connectivity index (χ2n) is 6.21. The fraction of sp³-hybridized carbons (Fsp3) is 0.500. The van der Waals surface area contributed by atoms with Gasteiger partial charge in [0.25, 0.3) is 0 Å². The number of benzene rings is 1. The highest BCUT2D eigenvalue weighted by atomic mass is 19.1. The van der Waals surface area contributed by atoms with Crippen LogP contribution < -0.4 is 5.32 Å². The average Bonchev–Trinajstić information content (AvgIpc) is 3.10. The molecule has 130 valence electrons. The molecule has 0 aliphatic carbocycles. The molecule has 1 aliphatic heterocycles. The van der Waals surface area contributed by atoms with Gasteiger partial charge in [0.1, 0.15) is 5.82 Å². The van der Waals surface area contributed by atoms with Gasteiger partial charge in [-0.1, -0.05) is 12.1 Å². The Morgan fingerprint density at radius 1 is 1.25 bits per heavy atom. The molecule has 0 spiro atoms. The number of imidazole rings is 1. The number of hydrogen-bond acceptors (Lipinski definition) is 4. The van der Waals surface area contributed by atoms with E-state index in [0.29, 0.717) is 6.61 Å². The number of ether oxygens (including phenoxy) is 1. The molecule has 1 aromatic heterocycles. The van der Waals surface area contributed by atoms with Crippen molar-refractivity contribution in [1.82, 2.24) is 19.8 Å². The molecule has 1 N–H and O–H groups in total. The highest BCUT2D eigenvalue weighted by Gasteiger charge is 2.26. The highest BCUT2D eigenvalue weighted by Crippen LogP contribution is 2.27. The summed E-state index contributed by atoms with van der Waals surface area (Å²) in [4.78, 5) is 6.81. The lowest BCUT2D eigenvalue weighted by molar-refractivity contribution is 0.0767. The zero-order chi connectivity index (χ0) is 16.9. The molecule has 2 unspecified atom stereocenters. The minimum Gasteiger partial charge on any atom is -0.383 e. The summed E-state index contributed by atoms with van der Waals surface area (Å²) >= 11 is 0. The van der Waals surface area contributed by atoms with Crippen LogP contribution in [0.5, 0.6) is 0 Å². The summed E-state index contributed by atoms with van der Waals surface area (Å²) in [5.41, 5.74) is 2.20. The van der Waals surface area contributed by atoms with Crippen LogP contribution in [0.25, 0.3) is 0 Å². The summed E-state index contributed by atoms with van der Waals surface area (Å²) in [7, 11) is 1.74. The molecule has 1 aliphatic rings. The fourth-order valence-electron chi connectivity index (χ4n) is 3.33. The maximum atomic E-state index is 13.2. The number of piperazine rings is 1. The number of methoxy groups -OCH3 is 1. The first kappa shape index (κ1) is 17.1. The zero-order valence-electron chi connectivity index (χ0n) is 14.3. The molecule has 24 heavy (non-hydrogen) atoms. The predicted octanol–water partition coefficient (Wildman–Crippen LogP) is 2.22. The minimum atomic E-state index is -0.213. The molecule has 0 radical (unpaired) electrons. The fourth-order valence-corrected chi connectivity index (χ4v) is 3.33. The quantitative estimate of drug-likeness (QED) is 0.881. The lowest BCUT2D eigenvalue weighted by atomic mass is 10.1. The zero-order valence-corrected chi connectivity index (χ0v) is 14.3. The minimum absolute atomic E-state index is 0.0883. The maximum absolute atomic E-state index is 13.2. The summed E-state index contributed by atoms with van der Waals surface area (Å²) in [6.45, 7) is 6.69. The molecule has 0 amide bonds. The summed E-state index contributed by atoms with van der Waals surface area (Å²) < 4.78 is 20.8. The Morgan fingerprint density at radius 2 is 1.96 bits per heavy atom. The largest absolute Gasteiger partial charge is 0.383 e. The van der Waals surface area contributed by atoms with Gasteiger partial charge in [-0.3, -0.25) is 4.90 Å². The molecule has 1 fully saturated rings. The van der Waals surface area contributed by atoms with Gasteiger partial charge >= 0.3 is 0 Å². The van der Waals surface area contributed by atoms with Crippen LogP contribution in [0.4, 0.5) is 4.39 Å². The van der Waals surface area contributed by atoms with Gasteiger partial charge in [-0.2, -0.15) is 0 Å². The molecular formula is C18H25FN4O. The second kappa shape index (κ2) is 7.88. The molecule has 2 atom stereocenters. The predicted molar refractivity (Wildman–Crippen MR) is 91.5 cm³/mol. The van der Waals surface area contributed by atoms with E-state index in [1.165, 1.54) is 12.1 Å². The van der Waals surface area contributed by atoms with E-state index in [2.05, 4.69) is 26.7 Å². The molecule has 1 aromatic carbocycles. The Morgan fingerprint density at radius 3 is 2.62 bits per heavy atom. The van der Waals surface area contributed by atoms with Crippen LogP contribution in [-0.2, 0) is 4.74 Å². The SMILES string of the molecule is COCC(c1cncn1C(C)c1ccc(F)cc1)N1CCNCC1. The van der Waals surface area contributed by atoms with Gasteiger partial charge in [0.2, 0.25) is 0 Å². The van der Waals surface area contributed by atoms with Crippen molar-refractivity contribution in [1.29, 1.82) is 0 Å². The Balaban J connectivity index is 1.87. The topological polar surface area (TPSA) is 42.3 Å². The van der Waals surface area contributed by atoms with Gasteiger partial charge in [-0.15, -0.1) is 0 Å². The van der Waals surface area contributed by atoms with Crippen molar-refractivity contribution in [2.24, 2.45) is 0 Å². The van der Waals surface area contributed by atoms with E-state index in [0.717, 1.165) is 37.4 Å². The molecule has 2 heterocycles. The Kier molecular flexibility index (Phi) is 5.60. The van der Waals surface area contributed by atoms with Crippen molar-refractivity contribution in [2.45, 2.75) is 19.0 Å². The van der Waals surface area contributed by atoms with Crippen molar-refractivity contribution in [2.75, 3.05) is 39.9 Å². The van der Waals surface area contributed by atoms with Crippen LogP contribution >= 0.6 is 0 Å². The van der Waals surface area contributed by atoms with Crippen LogP contribution in [0, 0.1) is 5.82 Å². The molecule has 5 nitrogen and oxygen atoms in total. The molecule has 6 heteroatoms. The lowest BCUT2D eigenvalue weighted by Gasteiger charge is -2.35. The summed E-state index contributed by atoms with van der Waals surface area (Å²) in [5, 5.41) is 3.39. The monoisotopic (exact) mass is 332 g/mol. The van der Waals surface area contributed by atoms with E-state index in [4.69, 9.17) is 4.74 Å². The summed E-state index contributed by atoms with van der Waals surface area (Å²) in [6, 6.07) is 6.93. The van der Waals surface area contributed by atoms with Crippen molar-refractivity contribution >= 4 is 0 Å². The second-order valence-corrected chi connectivity index (χ2v) is 6.21. The standard InChI is InChI=1S/C18H25FN4O/c1-14(15-3-5-16(19)6-4-15)23-13-21-11-17(23)18(12-24-2)22-9-7-20-8-10-22/h3-6,11,13-14,18,20H,7-10,12H2,1-2H3. The van der Waals surface area contributed by atoms with Gasteiger partial charge in [0.15, 0.2) is 0 Å². The van der Waals surface area contributed by atoms with E-state index < -0.39 is 0 Å². The van der Waals surface area contributed by atoms with Crippen molar-refractivity contribution in [3.8, 4) is 0 Å². The molecule has 0 bridgehead atoms. The van der Waals surface area contributed by atoms with E-state index in [1.54, 1.807) is 7.11 Å². The number of nitrogens with one attached hydrogen (secondary N) is 1. The third kappa shape index (κ3) is 3.66. The van der Waals surface area contributed by atoms with Gasteiger partial charge in [-0.25, -0.2) is 9.37 Å². The third-order valence-electron chi connectivity index (χ3n) is 4.72. The lowest BCUT2D eigenvalue weighted by Crippen LogP contribution is -2.46. The first-order valence-corrected chi connectivity index (χ1v) is 8.41. The van der Waals surface area contributed by atoms with Crippen LogP contribution in [0.2, 0.25) is 0 Å². The third-order valence-corrected chi connectivity index (χ3v) is 4.72. The van der Waals surface area contributed by atoms with Crippen molar-refractivity contribution < 1.29 is 9.13 Å². The van der Waals surface area contributed by atoms with Crippen molar-refractivity contribution in [3.05, 3.63) is 53.9 Å². The Bertz CT molecular complexity index is 637. The number of hydrogen-bond donors (Lipinski definition) is 1. The van der Waals surface area contributed by atoms with Crippen LogP contribution in [-0.4, -0.2) is 54.3 Å². The normalized spacial score (nSPS) is 18.5. The number of rotatable bonds is 6. The first-order chi connectivity index (χ1) is 11.7. The Labute approximate surface area is 142 Å². The van der Waals surface area contributed by atoms with Gasteiger partial charge in [0, 0.05) is 39.5 Å². The smallest absolute Gasteiger partial charge is 0.123 e. The number of nitrogens with zero attached hydrogens (tertiary/aromatic N) is 3. The van der Waals surface area contributed by atoms with Gasteiger partial charge in [0.05, 0.1) is 30.7 Å². The molecule has 2 aromatic rings. The maximum Gasteiger partial charge on any atom is 0.123 e. The van der Waals surface area contributed by atoms with Crippen LogP contribution in [0.3, 0.4) is 0 Å². The number of aromatic nitrogens is 2. The summed E-state index contributed by atoms with van der Waals surface area (Å²) in [5.74, 6) is -0.213. The van der Waals surface area contributed by atoms with Crippen LogP contribution in [0.1, 0.15) is 30.3 Å². The van der Waals surface area contributed by atoms with Gasteiger partial charge in [-0.05, 0) is 24.6 Å². The first-order valence-electron chi connectivity index (χ1n) is 8.41. The Hall–Kier alpha value is -1.76. The van der Waals surface area contributed by atoms with Gasteiger partial charge < -0.3 is 14.6 Å². The highest BCUT2D eigenvalue weighted by molar-refractivity contribution is 5.22. The average molecular weight is 332 g/mol. The van der Waals surface area contributed by atoms with E-state index >= 15 is 0 Å².